The van der Waals surface area contributed by atoms with Crippen molar-refractivity contribution < 1.29 is 0 Å². The van der Waals surface area contributed by atoms with Crippen molar-refractivity contribution in [3.05, 3.63) is 194 Å². The lowest BCUT2D eigenvalue weighted by Crippen LogP contribution is -2.11. The molecule has 0 amide bonds. The molecule has 10 rings (SSSR count). The van der Waals surface area contributed by atoms with Crippen molar-refractivity contribution in [1.82, 2.24) is 14.5 Å². The second-order valence-corrected chi connectivity index (χ2v) is 13.0. The van der Waals surface area contributed by atoms with Crippen LogP contribution in [0.5, 0.6) is 0 Å². The molecule has 0 fully saturated rings. The average Bonchev–Trinajstić information content (AvgIpc) is 3.61. The van der Waals surface area contributed by atoms with Gasteiger partial charge in [0.1, 0.15) is 5.82 Å². The normalized spacial score (nSPS) is 11.5. The van der Waals surface area contributed by atoms with Gasteiger partial charge < -0.3 is 4.90 Å². The fourth-order valence-corrected chi connectivity index (χ4v) is 7.68. The minimum Gasteiger partial charge on any atom is -0.308 e. The Hall–Kier alpha value is -7.04. The molecule has 0 atom stereocenters. The summed E-state index contributed by atoms with van der Waals surface area (Å²) >= 11 is 0. The van der Waals surface area contributed by atoms with E-state index in [0.29, 0.717) is 0 Å². The fourth-order valence-electron chi connectivity index (χ4n) is 7.68. The Bertz CT molecular complexity index is 2840. The largest absolute Gasteiger partial charge is 0.308 e. The third-order valence-electron chi connectivity index (χ3n) is 9.94. The first-order chi connectivity index (χ1) is 25.8. The number of benzene rings is 8. The Morgan fingerprint density at radius 1 is 0.442 bits per heavy atom. The molecule has 0 saturated heterocycles. The predicted octanol–water partition coefficient (Wildman–Crippen LogP) is 12.7. The SMILES string of the molecule is c1ccc(-c2nc3c(N(c4ccccc4)c4ccccc4)cccc3c3c2cc(-c2nc4ccccc4n2-c2ccccc2)c2ccccc23)cc1. The Kier molecular flexibility index (Phi) is 7.10. The minimum atomic E-state index is 0.901. The van der Waals surface area contributed by atoms with Crippen molar-refractivity contribution >= 4 is 60.5 Å². The van der Waals surface area contributed by atoms with Gasteiger partial charge in [-0.2, -0.15) is 0 Å². The van der Waals surface area contributed by atoms with Gasteiger partial charge in [-0.05, 0) is 71.4 Å². The van der Waals surface area contributed by atoms with E-state index in [2.05, 4.69) is 204 Å². The summed E-state index contributed by atoms with van der Waals surface area (Å²) in [6.45, 7) is 0. The number of pyridine rings is 1. The number of para-hydroxylation sites is 6. The van der Waals surface area contributed by atoms with Crippen LogP contribution in [0.15, 0.2) is 194 Å². The molecular weight excluding hydrogens is 633 g/mol. The number of aromatic nitrogens is 3. The maximum absolute atomic E-state index is 5.64. The molecule has 0 aliphatic rings. The molecule has 0 N–H and O–H groups in total. The summed E-state index contributed by atoms with van der Waals surface area (Å²) in [4.78, 5) is 13.3. The van der Waals surface area contributed by atoms with Crippen molar-refractivity contribution in [2.24, 2.45) is 0 Å². The van der Waals surface area contributed by atoms with Crippen LogP contribution < -0.4 is 4.90 Å². The van der Waals surface area contributed by atoms with Crippen LogP contribution in [0.25, 0.3) is 71.8 Å². The molecule has 4 heteroatoms. The molecule has 244 valence electrons. The van der Waals surface area contributed by atoms with Gasteiger partial charge in [-0.1, -0.05) is 133 Å². The van der Waals surface area contributed by atoms with Gasteiger partial charge in [0.25, 0.3) is 0 Å². The van der Waals surface area contributed by atoms with Crippen molar-refractivity contribution in [2.75, 3.05) is 4.90 Å². The summed E-state index contributed by atoms with van der Waals surface area (Å²) in [5, 5.41) is 5.66. The van der Waals surface area contributed by atoms with Crippen LogP contribution in [0.2, 0.25) is 0 Å². The standard InChI is InChI=1S/C48H32N4/c1-5-18-33(19-6-1)46-41-32-40(48-49-42-29-15-16-30-43(42)52(48)36-24-11-4-12-25-36)37-26-13-14-27-38(37)45(41)39-28-17-31-44(47(39)50-46)51(34-20-7-2-8-21-34)35-22-9-3-10-23-35/h1-32H. The van der Waals surface area contributed by atoms with Crippen LogP contribution in [-0.4, -0.2) is 14.5 Å². The Morgan fingerprint density at radius 2 is 1.02 bits per heavy atom. The number of rotatable bonds is 6. The first-order valence-electron chi connectivity index (χ1n) is 17.6. The maximum Gasteiger partial charge on any atom is 0.146 e. The van der Waals surface area contributed by atoms with E-state index in [9.17, 15) is 0 Å². The summed E-state index contributed by atoms with van der Waals surface area (Å²) in [7, 11) is 0. The fraction of sp³-hybridized carbons (Fsp3) is 0. The maximum atomic E-state index is 5.64. The molecule has 0 bridgehead atoms. The quantitative estimate of drug-likeness (QED) is 0.166. The molecular formula is C48H32N4. The zero-order valence-corrected chi connectivity index (χ0v) is 28.3. The van der Waals surface area contributed by atoms with Gasteiger partial charge in [0.2, 0.25) is 0 Å². The first-order valence-corrected chi connectivity index (χ1v) is 17.6. The van der Waals surface area contributed by atoms with Gasteiger partial charge in [-0.25, -0.2) is 9.97 Å². The van der Waals surface area contributed by atoms with Gasteiger partial charge in [0, 0.05) is 44.3 Å². The van der Waals surface area contributed by atoms with Crippen molar-refractivity contribution in [2.45, 2.75) is 0 Å². The molecule has 0 unspecified atom stereocenters. The summed E-state index contributed by atoms with van der Waals surface area (Å²) in [5.41, 5.74) is 10.3. The summed E-state index contributed by atoms with van der Waals surface area (Å²) in [6.07, 6.45) is 0. The summed E-state index contributed by atoms with van der Waals surface area (Å²) < 4.78 is 2.29. The molecule has 2 aromatic heterocycles. The highest BCUT2D eigenvalue weighted by Gasteiger charge is 2.23. The van der Waals surface area contributed by atoms with E-state index < -0.39 is 0 Å². The van der Waals surface area contributed by atoms with Crippen LogP contribution in [0.1, 0.15) is 0 Å². The van der Waals surface area contributed by atoms with Crippen LogP contribution in [0, 0.1) is 0 Å². The topological polar surface area (TPSA) is 34.0 Å². The number of hydrogen-bond donors (Lipinski definition) is 0. The highest BCUT2D eigenvalue weighted by Crippen LogP contribution is 2.46. The Morgan fingerprint density at radius 3 is 1.73 bits per heavy atom. The van der Waals surface area contributed by atoms with Gasteiger partial charge >= 0.3 is 0 Å². The third kappa shape index (κ3) is 4.84. The van der Waals surface area contributed by atoms with Crippen LogP contribution in [0.4, 0.5) is 17.1 Å². The van der Waals surface area contributed by atoms with E-state index in [0.717, 1.165) is 83.5 Å². The van der Waals surface area contributed by atoms with Crippen LogP contribution >= 0.6 is 0 Å². The van der Waals surface area contributed by atoms with E-state index in [-0.39, 0.29) is 0 Å². The Balaban J connectivity index is 1.35. The molecule has 8 aromatic carbocycles. The van der Waals surface area contributed by atoms with E-state index in [1.54, 1.807) is 0 Å². The summed E-state index contributed by atoms with van der Waals surface area (Å²) in [6, 6.07) is 68.3. The molecule has 0 saturated carbocycles. The summed E-state index contributed by atoms with van der Waals surface area (Å²) in [5.74, 6) is 0.901. The highest BCUT2D eigenvalue weighted by atomic mass is 15.1. The lowest BCUT2D eigenvalue weighted by Gasteiger charge is -2.27. The van der Waals surface area contributed by atoms with Crippen LogP contribution in [0.3, 0.4) is 0 Å². The molecule has 0 aliphatic heterocycles. The highest BCUT2D eigenvalue weighted by molar-refractivity contribution is 6.26. The molecule has 0 radical (unpaired) electrons. The Labute approximate surface area is 301 Å². The molecule has 0 spiro atoms. The zero-order valence-electron chi connectivity index (χ0n) is 28.3. The number of imidazole rings is 1. The van der Waals surface area contributed by atoms with Gasteiger partial charge in [-0.15, -0.1) is 0 Å². The number of nitrogens with zero attached hydrogens (tertiary/aromatic N) is 4. The number of hydrogen-bond acceptors (Lipinski definition) is 3. The molecule has 10 aromatic rings. The second kappa shape index (κ2) is 12.4. The van der Waals surface area contributed by atoms with Gasteiger partial charge in [0.15, 0.2) is 0 Å². The van der Waals surface area contributed by atoms with E-state index in [1.165, 1.54) is 5.39 Å². The van der Waals surface area contributed by atoms with Gasteiger partial charge in [-0.3, -0.25) is 4.57 Å². The molecule has 4 nitrogen and oxygen atoms in total. The monoisotopic (exact) mass is 664 g/mol. The average molecular weight is 665 g/mol. The predicted molar refractivity (Wildman–Crippen MR) is 217 cm³/mol. The van der Waals surface area contributed by atoms with Gasteiger partial charge in [0.05, 0.1) is 27.9 Å². The van der Waals surface area contributed by atoms with E-state index in [4.69, 9.17) is 9.97 Å². The lowest BCUT2D eigenvalue weighted by atomic mass is 9.91. The smallest absolute Gasteiger partial charge is 0.146 e. The van der Waals surface area contributed by atoms with E-state index >= 15 is 0 Å². The molecule has 2 heterocycles. The second-order valence-electron chi connectivity index (χ2n) is 13.0. The number of fused-ring (bicyclic) bond motifs is 6. The third-order valence-corrected chi connectivity index (χ3v) is 9.94. The van der Waals surface area contributed by atoms with Crippen molar-refractivity contribution in [1.29, 1.82) is 0 Å². The van der Waals surface area contributed by atoms with E-state index in [1.807, 2.05) is 0 Å². The molecule has 0 aliphatic carbocycles. The van der Waals surface area contributed by atoms with Crippen LogP contribution in [-0.2, 0) is 0 Å². The lowest BCUT2D eigenvalue weighted by molar-refractivity contribution is 1.11. The number of anilines is 3. The first kappa shape index (κ1) is 29.8. The zero-order chi connectivity index (χ0) is 34.4. The molecule has 52 heavy (non-hydrogen) atoms. The van der Waals surface area contributed by atoms with Crippen molar-refractivity contribution in [3.8, 4) is 28.3 Å². The minimum absolute atomic E-state index is 0.901. The van der Waals surface area contributed by atoms with Crippen molar-refractivity contribution in [3.63, 3.8) is 0 Å².